The maximum atomic E-state index is 12.8. The molecule has 0 aromatic rings. The van der Waals surface area contributed by atoms with Crippen molar-refractivity contribution in [1.29, 1.82) is 0 Å². The molecule has 0 aliphatic rings. The summed E-state index contributed by atoms with van der Waals surface area (Å²) in [5.74, 6) is 0.0116. The Morgan fingerprint density at radius 3 is 0.754 bits per heavy atom. The van der Waals surface area contributed by atoms with Crippen LogP contribution in [0.2, 0.25) is 0 Å². The number of hydrogen-bond acceptors (Lipinski definition) is 6. The highest BCUT2D eigenvalue weighted by molar-refractivity contribution is 5.71. The van der Waals surface area contributed by atoms with Gasteiger partial charge in [-0.3, -0.25) is 14.4 Å². The Morgan fingerprint density at radius 1 is 0.292 bits per heavy atom. The highest BCUT2D eigenvalue weighted by atomic mass is 16.6. The lowest BCUT2D eigenvalue weighted by atomic mass is 10.0. The van der Waals surface area contributed by atoms with Crippen molar-refractivity contribution in [2.24, 2.45) is 5.92 Å². The molecule has 0 amide bonds. The van der Waals surface area contributed by atoms with E-state index in [0.29, 0.717) is 19.3 Å². The van der Waals surface area contributed by atoms with Crippen LogP contribution in [-0.2, 0) is 28.6 Å². The number of unbranched alkanes of at least 4 members (excludes halogenated alkanes) is 41. The third-order valence-electron chi connectivity index (χ3n) is 13.5. The molecule has 0 aromatic heterocycles. The molecule has 65 heavy (non-hydrogen) atoms. The van der Waals surface area contributed by atoms with Gasteiger partial charge in [0.05, 0.1) is 0 Å². The predicted molar refractivity (Wildman–Crippen MR) is 280 cm³/mol. The summed E-state index contributed by atoms with van der Waals surface area (Å²) in [6, 6.07) is 0. The minimum atomic E-state index is -0.762. The molecule has 0 saturated carbocycles. The fourth-order valence-corrected chi connectivity index (χ4v) is 9.10. The summed E-state index contributed by atoms with van der Waals surface area (Å²) in [6.07, 6.45) is 58.0. The molecule has 0 fully saturated rings. The molecule has 0 aromatic carbocycles. The van der Waals surface area contributed by atoms with Crippen molar-refractivity contribution >= 4 is 17.9 Å². The highest BCUT2D eigenvalue weighted by Gasteiger charge is 2.19. The minimum absolute atomic E-state index is 0.0616. The van der Waals surface area contributed by atoms with E-state index in [1.165, 1.54) is 231 Å². The number of carbonyl (C=O) groups is 3. The molecule has 0 saturated heterocycles. The van der Waals surface area contributed by atoms with E-state index >= 15 is 0 Å². The van der Waals surface area contributed by atoms with Crippen LogP contribution in [0.3, 0.4) is 0 Å². The number of rotatable bonds is 54. The number of carbonyl (C=O) groups excluding carboxylic acids is 3. The molecule has 386 valence electrons. The van der Waals surface area contributed by atoms with E-state index < -0.39 is 6.10 Å². The van der Waals surface area contributed by atoms with Crippen molar-refractivity contribution < 1.29 is 28.6 Å². The van der Waals surface area contributed by atoms with Gasteiger partial charge in [-0.1, -0.05) is 297 Å². The number of esters is 3. The van der Waals surface area contributed by atoms with Crippen LogP contribution >= 0.6 is 0 Å². The minimum Gasteiger partial charge on any atom is -0.462 e. The van der Waals surface area contributed by atoms with Crippen molar-refractivity contribution in [2.75, 3.05) is 13.2 Å². The maximum Gasteiger partial charge on any atom is 0.306 e. The van der Waals surface area contributed by atoms with E-state index in [9.17, 15) is 14.4 Å². The van der Waals surface area contributed by atoms with Gasteiger partial charge in [0.25, 0.3) is 0 Å². The van der Waals surface area contributed by atoms with E-state index in [4.69, 9.17) is 14.2 Å². The zero-order chi connectivity index (χ0) is 47.4. The van der Waals surface area contributed by atoms with Crippen LogP contribution in [0.25, 0.3) is 0 Å². The molecule has 1 atom stereocenters. The Bertz CT molecular complexity index is 980. The normalized spacial score (nSPS) is 12.0. The van der Waals surface area contributed by atoms with E-state index in [2.05, 4.69) is 27.7 Å². The summed E-state index contributed by atoms with van der Waals surface area (Å²) in [4.78, 5) is 38.2. The van der Waals surface area contributed by atoms with Crippen LogP contribution in [0.4, 0.5) is 0 Å². The molecule has 0 rings (SSSR count). The van der Waals surface area contributed by atoms with Gasteiger partial charge in [0.2, 0.25) is 0 Å². The standard InChI is InChI=1S/C59H114O6/c1-5-7-9-11-13-15-17-19-21-26-30-34-38-42-46-50-57(60)63-53-56(65-59(62)52-48-44-40-36-32-28-22-20-18-16-14-12-10-8-6-2)54-64-58(61)51-47-43-39-35-31-27-24-23-25-29-33-37-41-45-49-55(3)4/h55-56H,5-54H2,1-4H3/t56-/m1/s1. The van der Waals surface area contributed by atoms with Gasteiger partial charge >= 0.3 is 17.9 Å². The van der Waals surface area contributed by atoms with Gasteiger partial charge in [0.1, 0.15) is 13.2 Å². The lowest BCUT2D eigenvalue weighted by Crippen LogP contribution is -2.30. The molecule has 0 spiro atoms. The fraction of sp³-hybridized carbons (Fsp3) is 0.949. The molecule has 0 aliphatic heterocycles. The van der Waals surface area contributed by atoms with E-state index in [0.717, 1.165) is 63.7 Å². The Morgan fingerprint density at radius 2 is 0.508 bits per heavy atom. The van der Waals surface area contributed by atoms with Crippen LogP contribution in [-0.4, -0.2) is 37.2 Å². The van der Waals surface area contributed by atoms with E-state index in [1.54, 1.807) is 0 Å². The van der Waals surface area contributed by atoms with Crippen LogP contribution in [0, 0.1) is 5.92 Å². The van der Waals surface area contributed by atoms with Gasteiger partial charge in [0, 0.05) is 19.3 Å². The first-order chi connectivity index (χ1) is 31.9. The molecule has 6 nitrogen and oxygen atoms in total. The monoisotopic (exact) mass is 919 g/mol. The molecule has 0 N–H and O–H groups in total. The Balaban J connectivity index is 4.29. The second kappa shape index (κ2) is 53.4. The zero-order valence-corrected chi connectivity index (χ0v) is 44.5. The summed E-state index contributed by atoms with van der Waals surface area (Å²) < 4.78 is 16.9. The van der Waals surface area contributed by atoms with Crippen LogP contribution in [0.15, 0.2) is 0 Å². The van der Waals surface area contributed by atoms with Gasteiger partial charge in [0.15, 0.2) is 6.10 Å². The molecular formula is C59H114O6. The zero-order valence-electron chi connectivity index (χ0n) is 44.5. The van der Waals surface area contributed by atoms with E-state index in [1.807, 2.05) is 0 Å². The SMILES string of the molecule is CCCCCCCCCCCCCCCCCC(=O)OC[C@H](COC(=O)CCCCCCCCCCCCCCCCC(C)C)OC(=O)CCCCCCCCCCCCCCCCC. The Hall–Kier alpha value is -1.59. The van der Waals surface area contributed by atoms with E-state index in [-0.39, 0.29) is 31.1 Å². The lowest BCUT2D eigenvalue weighted by molar-refractivity contribution is -0.167. The second-order valence-corrected chi connectivity index (χ2v) is 20.8. The first-order valence-electron chi connectivity index (χ1n) is 29.4. The molecule has 0 radical (unpaired) electrons. The van der Waals surface area contributed by atoms with Crippen molar-refractivity contribution in [2.45, 2.75) is 342 Å². The van der Waals surface area contributed by atoms with Crippen molar-refractivity contribution in [3.63, 3.8) is 0 Å². The summed E-state index contributed by atoms with van der Waals surface area (Å²) in [6.45, 7) is 9.07. The summed E-state index contributed by atoms with van der Waals surface area (Å²) in [5.41, 5.74) is 0. The number of ether oxygens (including phenoxy) is 3. The molecule has 0 bridgehead atoms. The quantitative estimate of drug-likeness (QED) is 0.0344. The smallest absolute Gasteiger partial charge is 0.306 e. The van der Waals surface area contributed by atoms with Gasteiger partial charge in [-0.25, -0.2) is 0 Å². The molecule has 0 aliphatic carbocycles. The largest absolute Gasteiger partial charge is 0.462 e. The van der Waals surface area contributed by atoms with Crippen LogP contribution in [0.1, 0.15) is 336 Å². The first-order valence-corrected chi connectivity index (χ1v) is 29.4. The van der Waals surface area contributed by atoms with Crippen molar-refractivity contribution in [3.05, 3.63) is 0 Å². The van der Waals surface area contributed by atoms with Gasteiger partial charge < -0.3 is 14.2 Å². The topological polar surface area (TPSA) is 78.9 Å². The Labute approximate surface area is 406 Å². The van der Waals surface area contributed by atoms with Gasteiger partial charge in [-0.05, 0) is 25.2 Å². The summed E-state index contributed by atoms with van der Waals surface area (Å²) in [7, 11) is 0. The average Bonchev–Trinajstić information content (AvgIpc) is 3.29. The Kier molecular flexibility index (Phi) is 52.1. The van der Waals surface area contributed by atoms with Gasteiger partial charge in [-0.15, -0.1) is 0 Å². The highest BCUT2D eigenvalue weighted by Crippen LogP contribution is 2.18. The predicted octanol–water partition coefficient (Wildman–Crippen LogP) is 19.4. The lowest BCUT2D eigenvalue weighted by Gasteiger charge is -2.18. The van der Waals surface area contributed by atoms with Crippen molar-refractivity contribution in [1.82, 2.24) is 0 Å². The molecular weight excluding hydrogens is 805 g/mol. The van der Waals surface area contributed by atoms with Crippen LogP contribution < -0.4 is 0 Å². The third-order valence-corrected chi connectivity index (χ3v) is 13.5. The van der Waals surface area contributed by atoms with Gasteiger partial charge in [-0.2, -0.15) is 0 Å². The van der Waals surface area contributed by atoms with Crippen molar-refractivity contribution in [3.8, 4) is 0 Å². The average molecular weight is 920 g/mol. The molecule has 6 heteroatoms. The van der Waals surface area contributed by atoms with Crippen LogP contribution in [0.5, 0.6) is 0 Å². The summed E-state index contributed by atoms with van der Waals surface area (Å²) in [5, 5.41) is 0. The molecule has 0 unspecified atom stereocenters. The maximum absolute atomic E-state index is 12.8. The first kappa shape index (κ1) is 63.4. The number of hydrogen-bond donors (Lipinski definition) is 0. The molecule has 0 heterocycles. The third kappa shape index (κ3) is 53.2. The fourth-order valence-electron chi connectivity index (χ4n) is 9.10. The summed E-state index contributed by atoms with van der Waals surface area (Å²) >= 11 is 0. The second-order valence-electron chi connectivity index (χ2n) is 20.8.